The Morgan fingerprint density at radius 2 is 0.739 bits per heavy atom. The van der Waals surface area contributed by atoms with Gasteiger partial charge in [0.15, 0.2) is 29.1 Å². The Balaban J connectivity index is 0.000000151. The largest absolute Gasteiger partial charge is 0.419 e. The standard InChI is InChI=1S/C22H15F4N3O2S.2C21H14F3N3O2S/c23-17-8-5-13(11-16(17)22(24,25)26)6-10-21-28-18-9-7-14(12-19(18)29-21)15-3-1-2-4-20(15)32(27,30)31;22-15-8-5-12(20(23)21(15)24)7-10-19-26-16-9-6-13(11-17(16)27-19)14-3-1-2-4-18(14)30(25,28)29;22-15-11-17(24)16(23)9-13(15)6-8-21-26-18-7-5-12(10-19(18)27-21)14-3-1-2-4-20(14)30(25,28)29/h1-12H,(H,28,29)(H2,27,30,31);2*1-11H,(H,26,27)(H2,25,28,29)/b10-6+;10-7+;8-6+. The molecule has 15 nitrogen and oxygen atoms in total. The van der Waals surface area contributed by atoms with Crippen LogP contribution in [0.4, 0.5) is 43.9 Å². The average molecular weight is 1320 g/mol. The van der Waals surface area contributed by atoms with Crippen molar-refractivity contribution in [3.8, 4) is 33.4 Å². The van der Waals surface area contributed by atoms with Crippen LogP contribution in [-0.4, -0.2) is 55.2 Å². The summed E-state index contributed by atoms with van der Waals surface area (Å²) in [4.78, 5) is 22.0. The monoisotopic (exact) mass is 1320 g/mol. The number of benzene rings is 9. The lowest BCUT2D eigenvalue weighted by molar-refractivity contribution is -0.140. The molecule has 3 heterocycles. The summed E-state index contributed by atoms with van der Waals surface area (Å²) < 4.78 is 204. The first-order valence-electron chi connectivity index (χ1n) is 26.5. The lowest BCUT2D eigenvalue weighted by atomic mass is 10.1. The van der Waals surface area contributed by atoms with E-state index in [4.69, 9.17) is 15.4 Å². The van der Waals surface area contributed by atoms with E-state index < -0.39 is 82.5 Å². The number of aromatic nitrogens is 6. The summed E-state index contributed by atoms with van der Waals surface area (Å²) in [6, 6.07) is 40.2. The van der Waals surface area contributed by atoms with Crippen molar-refractivity contribution in [2.75, 3.05) is 0 Å². The number of imidazole rings is 3. The van der Waals surface area contributed by atoms with E-state index in [1.807, 2.05) is 0 Å². The van der Waals surface area contributed by atoms with Crippen molar-refractivity contribution in [2.24, 2.45) is 15.4 Å². The maximum absolute atomic E-state index is 13.8. The van der Waals surface area contributed by atoms with Gasteiger partial charge in [-0.3, -0.25) is 0 Å². The summed E-state index contributed by atoms with van der Waals surface area (Å²) in [7, 11) is -11.7. The van der Waals surface area contributed by atoms with Crippen LogP contribution < -0.4 is 15.4 Å². The first kappa shape index (κ1) is 64.6. The van der Waals surface area contributed by atoms with Crippen molar-refractivity contribution in [1.82, 2.24) is 29.9 Å². The minimum absolute atomic E-state index is 0.00204. The van der Waals surface area contributed by atoms with Crippen molar-refractivity contribution in [1.29, 1.82) is 0 Å². The van der Waals surface area contributed by atoms with E-state index in [9.17, 15) is 69.2 Å². The molecule has 0 unspecified atom stereocenters. The van der Waals surface area contributed by atoms with Crippen molar-refractivity contribution in [3.05, 3.63) is 250 Å². The summed E-state index contributed by atoms with van der Waals surface area (Å²) in [5.74, 6) is -7.69. The summed E-state index contributed by atoms with van der Waals surface area (Å²) >= 11 is 0. The third-order valence-electron chi connectivity index (χ3n) is 13.7. The van der Waals surface area contributed by atoms with Gasteiger partial charge < -0.3 is 15.0 Å². The molecular formula is C64H43F10N9O6S3. The maximum Gasteiger partial charge on any atom is 0.419 e. The van der Waals surface area contributed by atoms with Crippen molar-refractivity contribution < 1.29 is 69.2 Å². The molecule has 0 radical (unpaired) electrons. The minimum atomic E-state index is -4.79. The van der Waals surface area contributed by atoms with Gasteiger partial charge in [0.05, 0.1) is 53.4 Å². The molecule has 0 spiro atoms. The first-order valence-corrected chi connectivity index (χ1v) is 31.2. The maximum atomic E-state index is 13.8. The number of hydrogen-bond donors (Lipinski definition) is 6. The normalized spacial score (nSPS) is 12.3. The van der Waals surface area contributed by atoms with E-state index in [1.165, 1.54) is 60.7 Å². The first-order chi connectivity index (χ1) is 43.5. The summed E-state index contributed by atoms with van der Waals surface area (Å²) in [5, 5.41) is 15.9. The number of hydrogen-bond acceptors (Lipinski definition) is 9. The summed E-state index contributed by atoms with van der Waals surface area (Å²) in [6.45, 7) is 0. The molecule has 28 heteroatoms. The quantitative estimate of drug-likeness (QED) is 0.0385. The molecule has 0 aliphatic rings. The Kier molecular flexibility index (Phi) is 18.2. The van der Waals surface area contributed by atoms with E-state index in [0.29, 0.717) is 90.0 Å². The zero-order chi connectivity index (χ0) is 66.0. The van der Waals surface area contributed by atoms with Gasteiger partial charge in [0.25, 0.3) is 0 Å². The lowest BCUT2D eigenvalue weighted by Gasteiger charge is -2.08. The van der Waals surface area contributed by atoms with Crippen LogP contribution in [0.1, 0.15) is 39.7 Å². The Bertz CT molecular complexity index is 5160. The van der Waals surface area contributed by atoms with Crippen LogP contribution in [0.2, 0.25) is 0 Å². The molecule has 468 valence electrons. The number of nitrogens with two attached hydrogens (primary N) is 3. The Morgan fingerprint density at radius 3 is 1.15 bits per heavy atom. The second-order valence-corrected chi connectivity index (χ2v) is 24.6. The third kappa shape index (κ3) is 14.8. The number of rotatable bonds is 12. The highest BCUT2D eigenvalue weighted by atomic mass is 32.2. The van der Waals surface area contributed by atoms with Gasteiger partial charge in [0.1, 0.15) is 29.1 Å². The smallest absolute Gasteiger partial charge is 0.338 e. The number of nitrogens with one attached hydrogen (secondary N) is 3. The van der Waals surface area contributed by atoms with Crippen LogP contribution in [0.25, 0.3) is 103 Å². The zero-order valence-electron chi connectivity index (χ0n) is 46.7. The molecule has 3 aromatic heterocycles. The third-order valence-corrected chi connectivity index (χ3v) is 16.6. The number of nitrogens with zero attached hydrogens (tertiary/aromatic N) is 3. The lowest BCUT2D eigenvalue weighted by Crippen LogP contribution is -2.13. The van der Waals surface area contributed by atoms with E-state index >= 15 is 0 Å². The predicted molar refractivity (Wildman–Crippen MR) is 330 cm³/mol. The van der Waals surface area contributed by atoms with Crippen LogP contribution in [0, 0.1) is 40.7 Å². The van der Waals surface area contributed by atoms with Crippen LogP contribution in [-0.2, 0) is 36.2 Å². The molecule has 12 rings (SSSR count). The fourth-order valence-electron chi connectivity index (χ4n) is 9.40. The highest BCUT2D eigenvalue weighted by molar-refractivity contribution is 7.89. The molecule has 92 heavy (non-hydrogen) atoms. The van der Waals surface area contributed by atoms with Crippen molar-refractivity contribution in [2.45, 2.75) is 20.9 Å². The minimum Gasteiger partial charge on any atom is -0.338 e. The number of primary sulfonamides is 3. The van der Waals surface area contributed by atoms with E-state index in [-0.39, 0.29) is 31.4 Å². The number of sulfonamides is 3. The zero-order valence-corrected chi connectivity index (χ0v) is 49.1. The Hall–Kier alpha value is -10.4. The highest BCUT2D eigenvalue weighted by Gasteiger charge is 2.34. The molecule has 9 aromatic carbocycles. The van der Waals surface area contributed by atoms with Gasteiger partial charge >= 0.3 is 6.18 Å². The average Bonchev–Trinajstić information content (AvgIpc) is 1.51. The van der Waals surface area contributed by atoms with Crippen LogP contribution in [0.3, 0.4) is 0 Å². The molecule has 0 saturated carbocycles. The van der Waals surface area contributed by atoms with Gasteiger partial charge in [0.2, 0.25) is 30.1 Å². The molecular weight excluding hydrogens is 1280 g/mol. The number of alkyl halides is 3. The second-order valence-electron chi connectivity index (χ2n) is 20.0. The van der Waals surface area contributed by atoms with Crippen molar-refractivity contribution >= 4 is 99.6 Å². The fourth-order valence-corrected chi connectivity index (χ4v) is 11.7. The van der Waals surface area contributed by atoms with Gasteiger partial charge in [-0.1, -0.05) is 84.9 Å². The van der Waals surface area contributed by atoms with Gasteiger partial charge in [-0.15, -0.1) is 0 Å². The topological polar surface area (TPSA) is 267 Å². The van der Waals surface area contributed by atoms with Crippen LogP contribution >= 0.6 is 0 Å². The summed E-state index contributed by atoms with van der Waals surface area (Å²) in [6.07, 6.45) is 3.44. The van der Waals surface area contributed by atoms with Crippen LogP contribution in [0.15, 0.2) is 185 Å². The number of aromatic amines is 3. The van der Waals surface area contributed by atoms with Gasteiger partial charge in [-0.25, -0.2) is 86.4 Å². The molecule has 0 bridgehead atoms. The van der Waals surface area contributed by atoms with Crippen molar-refractivity contribution in [3.63, 3.8) is 0 Å². The molecule has 0 saturated heterocycles. The number of H-pyrrole nitrogens is 3. The molecule has 0 atom stereocenters. The second kappa shape index (κ2) is 25.9. The molecule has 0 fully saturated rings. The summed E-state index contributed by atoms with van der Waals surface area (Å²) in [5.41, 5.74) is 5.19. The van der Waals surface area contributed by atoms with E-state index in [1.54, 1.807) is 109 Å². The number of fused-ring (bicyclic) bond motifs is 3. The highest BCUT2D eigenvalue weighted by Crippen LogP contribution is 2.35. The predicted octanol–water partition coefficient (Wildman–Crippen LogP) is 14.1. The molecule has 12 aromatic rings. The van der Waals surface area contributed by atoms with Gasteiger partial charge in [0, 0.05) is 33.9 Å². The van der Waals surface area contributed by atoms with Gasteiger partial charge in [-0.2, -0.15) is 13.2 Å². The Morgan fingerprint density at radius 1 is 0.359 bits per heavy atom. The van der Waals surface area contributed by atoms with E-state index in [2.05, 4.69) is 29.9 Å². The molecule has 0 aliphatic carbocycles. The SMILES string of the molecule is NS(=O)(=O)c1ccccc1-c1ccc2nc(/C=C/c3cc(F)c(F)cc3F)[nH]c2c1.NS(=O)(=O)c1ccccc1-c1ccc2nc(/C=C/c3ccc(F)c(C(F)(F)F)c3)[nH]c2c1.NS(=O)(=O)c1ccccc1-c1ccc2nc(/C=C/c3ccc(F)c(F)c3F)[nH]c2c1. The molecule has 9 N–H and O–H groups in total. The number of halogens is 10. The fraction of sp³-hybridized carbons (Fsp3) is 0.0156. The van der Waals surface area contributed by atoms with Gasteiger partial charge in [-0.05, 0) is 138 Å². The molecule has 0 amide bonds. The Labute approximate surface area is 516 Å². The van der Waals surface area contributed by atoms with Crippen LogP contribution in [0.5, 0.6) is 0 Å². The van der Waals surface area contributed by atoms with E-state index in [0.717, 1.165) is 30.3 Å². The molecule has 0 aliphatic heterocycles.